The van der Waals surface area contributed by atoms with E-state index in [9.17, 15) is 8.78 Å². The van der Waals surface area contributed by atoms with Crippen molar-refractivity contribution < 1.29 is 8.78 Å². The summed E-state index contributed by atoms with van der Waals surface area (Å²) in [6.45, 7) is -0.904. The largest absolute Gasteiger partial charge is 0.281 e. The van der Waals surface area contributed by atoms with Crippen molar-refractivity contribution >= 4 is 10.9 Å². The van der Waals surface area contributed by atoms with Gasteiger partial charge in [-0.1, -0.05) is 29.4 Å². The summed E-state index contributed by atoms with van der Waals surface area (Å²) in [6.07, 6.45) is 1.45. The number of nitrogens with zero attached hydrogens (tertiary/aromatic N) is 4. The summed E-state index contributed by atoms with van der Waals surface area (Å²) >= 11 is 0. The molecule has 17 heavy (non-hydrogen) atoms. The third-order valence-corrected chi connectivity index (χ3v) is 2.36. The Kier molecular flexibility index (Phi) is 2.89. The number of fused-ring (bicyclic) bond motifs is 1. The lowest BCUT2D eigenvalue weighted by Gasteiger charge is -2.15. The highest BCUT2D eigenvalue weighted by molar-refractivity contribution is 5.82. The SMILES string of the molecule is [N-]=[N+]=NCC(F)(F)c1cccc2cccnc12. The van der Waals surface area contributed by atoms with E-state index < -0.39 is 12.5 Å². The van der Waals surface area contributed by atoms with Crippen LogP contribution >= 0.6 is 0 Å². The number of alkyl halides is 2. The fourth-order valence-electron chi connectivity index (χ4n) is 1.60. The molecule has 0 bridgehead atoms. The van der Waals surface area contributed by atoms with Gasteiger partial charge in [0.2, 0.25) is 0 Å². The molecule has 0 saturated heterocycles. The van der Waals surface area contributed by atoms with Gasteiger partial charge < -0.3 is 0 Å². The number of hydrogen-bond acceptors (Lipinski definition) is 2. The molecule has 86 valence electrons. The zero-order chi connectivity index (χ0) is 12.3. The lowest BCUT2D eigenvalue weighted by molar-refractivity contribution is 0.00751. The van der Waals surface area contributed by atoms with Crippen molar-refractivity contribution in [3.05, 3.63) is 52.5 Å². The van der Waals surface area contributed by atoms with Crippen LogP contribution in [0.15, 0.2) is 41.6 Å². The van der Waals surface area contributed by atoms with Gasteiger partial charge in [0.25, 0.3) is 5.92 Å². The van der Waals surface area contributed by atoms with Crippen LogP contribution in [-0.2, 0) is 5.92 Å². The van der Waals surface area contributed by atoms with Gasteiger partial charge in [0.15, 0.2) is 0 Å². The number of hydrogen-bond donors (Lipinski definition) is 0. The summed E-state index contributed by atoms with van der Waals surface area (Å²) in [5.74, 6) is -3.21. The number of halogens is 2. The molecule has 0 aliphatic rings. The second kappa shape index (κ2) is 4.35. The van der Waals surface area contributed by atoms with Crippen LogP contribution < -0.4 is 0 Å². The van der Waals surface area contributed by atoms with E-state index in [0.717, 1.165) is 0 Å². The van der Waals surface area contributed by atoms with Crippen molar-refractivity contribution in [2.75, 3.05) is 6.54 Å². The minimum absolute atomic E-state index is 0.219. The van der Waals surface area contributed by atoms with Crippen LogP contribution in [0, 0.1) is 0 Å². The number of azide groups is 1. The van der Waals surface area contributed by atoms with Crippen LogP contribution in [0.25, 0.3) is 21.3 Å². The standard InChI is InChI=1S/C11H8F2N4/c12-11(13,7-16-17-14)9-5-1-3-8-4-2-6-15-10(8)9/h1-6H,7H2. The quantitative estimate of drug-likeness (QED) is 0.454. The van der Waals surface area contributed by atoms with Gasteiger partial charge in [0, 0.05) is 22.1 Å². The average molecular weight is 234 g/mol. The molecule has 0 radical (unpaired) electrons. The first-order chi connectivity index (χ1) is 8.15. The molecule has 0 unspecified atom stereocenters. The van der Waals surface area contributed by atoms with Crippen LogP contribution in [-0.4, -0.2) is 11.5 Å². The molecule has 1 heterocycles. The summed E-state index contributed by atoms with van der Waals surface area (Å²) < 4.78 is 27.5. The molecule has 0 atom stereocenters. The van der Waals surface area contributed by atoms with Gasteiger partial charge in [-0.05, 0) is 11.6 Å². The molecule has 0 N–H and O–H groups in total. The highest BCUT2D eigenvalue weighted by Gasteiger charge is 2.32. The molecule has 0 spiro atoms. The Morgan fingerprint density at radius 2 is 2.06 bits per heavy atom. The second-order valence-corrected chi connectivity index (χ2v) is 3.47. The van der Waals surface area contributed by atoms with Gasteiger partial charge in [-0.2, -0.15) is 0 Å². The highest BCUT2D eigenvalue weighted by Crippen LogP contribution is 2.32. The molecule has 6 heteroatoms. The van der Waals surface area contributed by atoms with E-state index in [1.54, 1.807) is 18.2 Å². The fraction of sp³-hybridized carbons (Fsp3) is 0.182. The van der Waals surface area contributed by atoms with E-state index in [1.807, 2.05) is 0 Å². The second-order valence-electron chi connectivity index (χ2n) is 3.47. The molecule has 0 aliphatic carbocycles. The van der Waals surface area contributed by atoms with E-state index in [0.29, 0.717) is 5.39 Å². The number of pyridine rings is 1. The first kappa shape index (κ1) is 11.3. The molecular formula is C11H8F2N4. The molecule has 0 fully saturated rings. The molecule has 4 nitrogen and oxygen atoms in total. The molecule has 1 aromatic heterocycles. The third-order valence-electron chi connectivity index (χ3n) is 2.36. The van der Waals surface area contributed by atoms with Crippen LogP contribution in [0.2, 0.25) is 0 Å². The Morgan fingerprint density at radius 3 is 2.82 bits per heavy atom. The Balaban J connectivity index is 2.58. The van der Waals surface area contributed by atoms with Crippen molar-refractivity contribution in [1.82, 2.24) is 4.98 Å². The summed E-state index contributed by atoms with van der Waals surface area (Å²) in [5, 5.41) is 3.56. The molecule has 2 aromatic rings. The molecule has 0 saturated carbocycles. The van der Waals surface area contributed by atoms with E-state index in [4.69, 9.17) is 5.53 Å². The van der Waals surface area contributed by atoms with Crippen LogP contribution in [0.1, 0.15) is 5.56 Å². The first-order valence-corrected chi connectivity index (χ1v) is 4.88. The summed E-state index contributed by atoms with van der Waals surface area (Å²) in [4.78, 5) is 6.29. The Labute approximate surface area is 95.5 Å². The molecular weight excluding hydrogens is 226 g/mol. The van der Waals surface area contributed by atoms with Crippen molar-refractivity contribution in [3.8, 4) is 0 Å². The summed E-state index contributed by atoms with van der Waals surface area (Å²) in [7, 11) is 0. The van der Waals surface area contributed by atoms with E-state index in [1.165, 1.54) is 18.3 Å². The smallest absolute Gasteiger partial charge is 0.256 e. The van der Waals surface area contributed by atoms with Crippen molar-refractivity contribution in [1.29, 1.82) is 0 Å². The monoisotopic (exact) mass is 234 g/mol. The van der Waals surface area contributed by atoms with Gasteiger partial charge in [0.05, 0.1) is 12.1 Å². The average Bonchev–Trinajstić information content (AvgIpc) is 2.36. The van der Waals surface area contributed by atoms with E-state index in [2.05, 4.69) is 15.0 Å². The maximum atomic E-state index is 13.8. The van der Waals surface area contributed by atoms with Gasteiger partial charge in [-0.3, -0.25) is 4.98 Å². The minimum Gasteiger partial charge on any atom is -0.256 e. The van der Waals surface area contributed by atoms with Gasteiger partial charge >= 0.3 is 0 Å². The zero-order valence-corrected chi connectivity index (χ0v) is 8.72. The molecule has 2 rings (SSSR count). The van der Waals surface area contributed by atoms with Crippen molar-refractivity contribution in [3.63, 3.8) is 0 Å². The predicted molar refractivity (Wildman–Crippen MR) is 59.7 cm³/mol. The maximum Gasteiger partial charge on any atom is 0.281 e. The molecule has 0 amide bonds. The molecule has 0 aliphatic heterocycles. The lowest BCUT2D eigenvalue weighted by Crippen LogP contribution is -2.17. The topological polar surface area (TPSA) is 61.7 Å². The van der Waals surface area contributed by atoms with Crippen LogP contribution in [0.4, 0.5) is 8.78 Å². The van der Waals surface area contributed by atoms with Crippen molar-refractivity contribution in [2.24, 2.45) is 5.11 Å². The minimum atomic E-state index is -3.21. The summed E-state index contributed by atoms with van der Waals surface area (Å²) in [6, 6.07) is 7.91. The normalized spacial score (nSPS) is 11.2. The Bertz CT molecular complexity index is 586. The maximum absolute atomic E-state index is 13.8. The number of rotatable bonds is 3. The van der Waals surface area contributed by atoms with Crippen LogP contribution in [0.5, 0.6) is 0 Å². The van der Waals surface area contributed by atoms with E-state index in [-0.39, 0.29) is 11.1 Å². The third kappa shape index (κ3) is 2.16. The molecule has 1 aromatic carbocycles. The van der Waals surface area contributed by atoms with Crippen LogP contribution in [0.3, 0.4) is 0 Å². The lowest BCUT2D eigenvalue weighted by atomic mass is 10.0. The number of benzene rings is 1. The van der Waals surface area contributed by atoms with E-state index >= 15 is 0 Å². The van der Waals surface area contributed by atoms with Gasteiger partial charge in [0.1, 0.15) is 0 Å². The number of para-hydroxylation sites is 1. The van der Waals surface area contributed by atoms with Gasteiger partial charge in [-0.15, -0.1) is 0 Å². The fourth-order valence-corrected chi connectivity index (χ4v) is 1.60. The zero-order valence-electron chi connectivity index (χ0n) is 8.72. The van der Waals surface area contributed by atoms with Gasteiger partial charge in [-0.25, -0.2) is 8.78 Å². The highest BCUT2D eigenvalue weighted by atomic mass is 19.3. The number of aromatic nitrogens is 1. The summed E-state index contributed by atoms with van der Waals surface area (Å²) in [5.41, 5.74) is 8.11. The predicted octanol–water partition coefficient (Wildman–Crippen LogP) is 3.64. The Hall–Kier alpha value is -2.20. The van der Waals surface area contributed by atoms with Crippen molar-refractivity contribution in [2.45, 2.75) is 5.92 Å². The Morgan fingerprint density at radius 1 is 1.29 bits per heavy atom. The first-order valence-electron chi connectivity index (χ1n) is 4.88.